The first kappa shape index (κ1) is 17.9. The SMILES string of the molecule is CN(C(=O)/C(C#N)=C\NCCc1ccc(O)cc1)C1CCCCC1. The number of nitrogens with zero attached hydrogens (tertiary/aromatic N) is 2. The molecule has 1 aliphatic carbocycles. The van der Waals surface area contributed by atoms with Crippen LogP contribution in [0, 0.1) is 11.3 Å². The Morgan fingerprint density at radius 2 is 2.00 bits per heavy atom. The Morgan fingerprint density at radius 3 is 2.62 bits per heavy atom. The number of nitrogens with one attached hydrogen (secondary N) is 1. The Kier molecular flexibility index (Phi) is 6.68. The Bertz CT molecular complexity index is 610. The number of amides is 1. The first-order valence-electron chi connectivity index (χ1n) is 8.50. The smallest absolute Gasteiger partial charge is 0.265 e. The molecule has 1 aromatic rings. The molecule has 128 valence electrons. The molecule has 2 rings (SSSR count). The molecule has 0 atom stereocenters. The van der Waals surface area contributed by atoms with Crippen LogP contribution in [0.2, 0.25) is 0 Å². The van der Waals surface area contributed by atoms with Gasteiger partial charge < -0.3 is 15.3 Å². The summed E-state index contributed by atoms with van der Waals surface area (Å²) in [5.41, 5.74) is 1.23. The Morgan fingerprint density at radius 1 is 1.33 bits per heavy atom. The van der Waals surface area contributed by atoms with Gasteiger partial charge in [0.2, 0.25) is 0 Å². The molecule has 1 aliphatic rings. The second kappa shape index (κ2) is 8.97. The summed E-state index contributed by atoms with van der Waals surface area (Å²) in [6.07, 6.45) is 7.85. The maximum Gasteiger partial charge on any atom is 0.265 e. The van der Waals surface area contributed by atoms with Crippen molar-refractivity contribution < 1.29 is 9.90 Å². The van der Waals surface area contributed by atoms with Gasteiger partial charge in [0, 0.05) is 25.8 Å². The number of hydrogen-bond acceptors (Lipinski definition) is 4. The Balaban J connectivity index is 1.85. The van der Waals surface area contributed by atoms with Gasteiger partial charge in [0.05, 0.1) is 0 Å². The van der Waals surface area contributed by atoms with Gasteiger partial charge in [-0.1, -0.05) is 31.4 Å². The molecular weight excluding hydrogens is 302 g/mol. The van der Waals surface area contributed by atoms with Crippen LogP contribution in [-0.2, 0) is 11.2 Å². The lowest BCUT2D eigenvalue weighted by molar-refractivity contribution is -0.128. The normalized spacial score (nSPS) is 15.6. The van der Waals surface area contributed by atoms with Crippen molar-refractivity contribution >= 4 is 5.91 Å². The number of carbonyl (C=O) groups is 1. The molecule has 2 N–H and O–H groups in total. The fourth-order valence-electron chi connectivity index (χ4n) is 3.02. The lowest BCUT2D eigenvalue weighted by atomic mass is 9.94. The highest BCUT2D eigenvalue weighted by molar-refractivity contribution is 5.97. The van der Waals surface area contributed by atoms with Crippen LogP contribution in [0.5, 0.6) is 5.75 Å². The van der Waals surface area contributed by atoms with Crippen molar-refractivity contribution in [1.29, 1.82) is 5.26 Å². The summed E-state index contributed by atoms with van der Waals surface area (Å²) < 4.78 is 0. The van der Waals surface area contributed by atoms with E-state index in [0.717, 1.165) is 37.7 Å². The molecule has 1 aromatic carbocycles. The van der Waals surface area contributed by atoms with Crippen LogP contribution in [0.25, 0.3) is 0 Å². The molecule has 1 saturated carbocycles. The molecular formula is C19H25N3O2. The molecule has 0 aliphatic heterocycles. The number of benzene rings is 1. The molecule has 1 amide bonds. The van der Waals surface area contributed by atoms with Crippen LogP contribution in [0.1, 0.15) is 37.7 Å². The number of rotatable bonds is 6. The van der Waals surface area contributed by atoms with E-state index in [9.17, 15) is 15.2 Å². The first-order chi connectivity index (χ1) is 11.6. The Hall–Kier alpha value is -2.48. The monoisotopic (exact) mass is 327 g/mol. The summed E-state index contributed by atoms with van der Waals surface area (Å²) in [5, 5.41) is 21.6. The number of carbonyl (C=O) groups excluding carboxylic acids is 1. The van der Waals surface area contributed by atoms with Crippen molar-refractivity contribution in [3.05, 3.63) is 41.6 Å². The van der Waals surface area contributed by atoms with E-state index in [1.54, 1.807) is 24.1 Å². The predicted molar refractivity (Wildman–Crippen MR) is 93.2 cm³/mol. The van der Waals surface area contributed by atoms with Gasteiger partial charge in [-0.05, 0) is 37.0 Å². The van der Waals surface area contributed by atoms with Crippen molar-refractivity contribution in [3.63, 3.8) is 0 Å². The highest BCUT2D eigenvalue weighted by Gasteiger charge is 2.24. The van der Waals surface area contributed by atoms with Crippen molar-refractivity contribution in [1.82, 2.24) is 10.2 Å². The van der Waals surface area contributed by atoms with E-state index in [-0.39, 0.29) is 23.3 Å². The fourth-order valence-corrected chi connectivity index (χ4v) is 3.02. The van der Waals surface area contributed by atoms with Crippen LogP contribution < -0.4 is 5.32 Å². The van der Waals surface area contributed by atoms with Crippen LogP contribution in [0.15, 0.2) is 36.0 Å². The standard InChI is InChI=1S/C19H25N3O2/c1-22(17-5-3-2-4-6-17)19(24)16(13-20)14-21-12-11-15-7-9-18(23)10-8-15/h7-10,14,17,21,23H,2-6,11-12H2,1H3/b16-14-. The van der Waals surface area contributed by atoms with Crippen molar-refractivity contribution in [2.24, 2.45) is 0 Å². The van der Waals surface area contributed by atoms with Gasteiger partial charge in [-0.25, -0.2) is 0 Å². The zero-order valence-corrected chi connectivity index (χ0v) is 14.2. The lowest BCUT2D eigenvalue weighted by Crippen LogP contribution is -2.39. The van der Waals surface area contributed by atoms with Crippen LogP contribution >= 0.6 is 0 Å². The molecule has 0 saturated heterocycles. The van der Waals surface area contributed by atoms with E-state index in [0.29, 0.717) is 6.54 Å². The summed E-state index contributed by atoms with van der Waals surface area (Å²) in [7, 11) is 1.79. The average molecular weight is 327 g/mol. The number of phenolic OH excluding ortho intramolecular Hbond substituents is 1. The maximum absolute atomic E-state index is 12.4. The first-order valence-corrected chi connectivity index (χ1v) is 8.50. The molecule has 0 radical (unpaired) electrons. The number of likely N-dealkylation sites (N-methyl/N-ethyl adjacent to an activating group) is 1. The molecule has 5 heteroatoms. The van der Waals surface area contributed by atoms with Gasteiger partial charge in [0.15, 0.2) is 0 Å². The average Bonchev–Trinajstić information content (AvgIpc) is 2.63. The number of hydrogen-bond donors (Lipinski definition) is 2. The molecule has 0 spiro atoms. The molecule has 0 bridgehead atoms. The quantitative estimate of drug-likeness (QED) is 0.478. The number of aromatic hydroxyl groups is 1. The second-order valence-electron chi connectivity index (χ2n) is 6.25. The van der Waals surface area contributed by atoms with Gasteiger partial charge in [-0.2, -0.15) is 5.26 Å². The largest absolute Gasteiger partial charge is 0.508 e. The highest BCUT2D eigenvalue weighted by Crippen LogP contribution is 2.22. The minimum Gasteiger partial charge on any atom is -0.508 e. The second-order valence-corrected chi connectivity index (χ2v) is 6.25. The third-order valence-electron chi connectivity index (χ3n) is 4.53. The van der Waals surface area contributed by atoms with E-state index in [4.69, 9.17) is 0 Å². The Labute approximate surface area is 143 Å². The lowest BCUT2D eigenvalue weighted by Gasteiger charge is -2.31. The molecule has 1 fully saturated rings. The van der Waals surface area contributed by atoms with Crippen molar-refractivity contribution in [3.8, 4) is 11.8 Å². The summed E-state index contributed by atoms with van der Waals surface area (Å²) in [5.74, 6) is 0.0382. The summed E-state index contributed by atoms with van der Waals surface area (Å²) in [4.78, 5) is 14.2. The fraction of sp³-hybridized carbons (Fsp3) is 0.474. The van der Waals surface area contributed by atoms with Gasteiger partial charge in [0.1, 0.15) is 17.4 Å². The van der Waals surface area contributed by atoms with E-state index < -0.39 is 0 Å². The minimum atomic E-state index is -0.207. The van der Waals surface area contributed by atoms with Gasteiger partial charge in [-0.3, -0.25) is 4.79 Å². The number of nitriles is 1. The van der Waals surface area contributed by atoms with E-state index >= 15 is 0 Å². The van der Waals surface area contributed by atoms with Gasteiger partial charge in [0.25, 0.3) is 5.91 Å². The van der Waals surface area contributed by atoms with E-state index in [1.807, 2.05) is 18.2 Å². The predicted octanol–water partition coefficient (Wildman–Crippen LogP) is 2.72. The van der Waals surface area contributed by atoms with Gasteiger partial charge >= 0.3 is 0 Å². The molecule has 0 aromatic heterocycles. The zero-order valence-electron chi connectivity index (χ0n) is 14.2. The molecule has 0 unspecified atom stereocenters. The minimum absolute atomic E-state index is 0.147. The van der Waals surface area contributed by atoms with Crippen molar-refractivity contribution in [2.75, 3.05) is 13.6 Å². The zero-order chi connectivity index (χ0) is 17.4. The van der Waals surface area contributed by atoms with Gasteiger partial charge in [-0.15, -0.1) is 0 Å². The number of phenols is 1. The third-order valence-corrected chi connectivity index (χ3v) is 4.53. The molecule has 5 nitrogen and oxygen atoms in total. The highest BCUT2D eigenvalue weighted by atomic mass is 16.3. The summed E-state index contributed by atoms with van der Waals surface area (Å²) in [6.45, 7) is 0.621. The maximum atomic E-state index is 12.4. The molecule has 0 heterocycles. The van der Waals surface area contributed by atoms with E-state index in [2.05, 4.69) is 5.32 Å². The summed E-state index contributed by atoms with van der Waals surface area (Å²) >= 11 is 0. The third kappa shape index (κ3) is 5.02. The van der Waals surface area contributed by atoms with Crippen LogP contribution in [0.3, 0.4) is 0 Å². The topological polar surface area (TPSA) is 76.4 Å². The summed E-state index contributed by atoms with van der Waals surface area (Å²) in [6, 6.07) is 9.26. The van der Waals surface area contributed by atoms with E-state index in [1.165, 1.54) is 12.6 Å². The van der Waals surface area contributed by atoms with Crippen molar-refractivity contribution in [2.45, 2.75) is 44.6 Å². The molecule has 24 heavy (non-hydrogen) atoms. The van der Waals surface area contributed by atoms with Crippen LogP contribution in [-0.4, -0.2) is 35.5 Å². The van der Waals surface area contributed by atoms with Crippen LogP contribution in [0.4, 0.5) is 0 Å².